The Kier molecular flexibility index (Phi) is 6.00. The third-order valence-corrected chi connectivity index (χ3v) is 4.85. The van der Waals surface area contributed by atoms with Crippen LogP contribution in [0.1, 0.15) is 5.69 Å². The molecule has 2 N–H and O–H groups in total. The molecule has 1 amide bonds. The van der Waals surface area contributed by atoms with Crippen molar-refractivity contribution in [1.29, 1.82) is 0 Å². The second-order valence-corrected chi connectivity index (χ2v) is 7.15. The van der Waals surface area contributed by atoms with E-state index in [0.717, 1.165) is 0 Å². The molecule has 0 spiro atoms. The number of aromatic nitrogens is 2. The number of carbonyl (C=O) groups excluding carboxylic acids is 1. The predicted molar refractivity (Wildman–Crippen MR) is 119 cm³/mol. The summed E-state index contributed by atoms with van der Waals surface area (Å²) in [5.41, 5.74) is 6.22. The van der Waals surface area contributed by atoms with Crippen molar-refractivity contribution < 1.29 is 13.9 Å². The summed E-state index contributed by atoms with van der Waals surface area (Å²) in [4.78, 5) is 30.0. The van der Waals surface area contributed by atoms with Gasteiger partial charge in [0.05, 0.1) is 23.6 Å². The van der Waals surface area contributed by atoms with Crippen molar-refractivity contribution in [3.63, 3.8) is 0 Å². The first-order valence-corrected chi connectivity index (χ1v) is 9.91. The van der Waals surface area contributed by atoms with E-state index < -0.39 is 17.3 Å². The molecule has 0 radical (unpaired) electrons. The summed E-state index contributed by atoms with van der Waals surface area (Å²) < 4.78 is 21.0. The number of ether oxygens (including phenoxy) is 1. The van der Waals surface area contributed by atoms with E-state index >= 15 is 0 Å². The van der Waals surface area contributed by atoms with Crippen molar-refractivity contribution in [2.45, 2.75) is 0 Å². The molecule has 0 saturated carbocycles. The van der Waals surface area contributed by atoms with E-state index in [1.165, 1.54) is 46.3 Å². The Bertz CT molecular complexity index is 1300. The fourth-order valence-corrected chi connectivity index (χ4v) is 3.33. The van der Waals surface area contributed by atoms with Gasteiger partial charge in [-0.1, -0.05) is 17.7 Å². The molecule has 2 heterocycles. The number of aliphatic imine (C=N–C) groups is 1. The average molecular weight is 454 g/mol. The van der Waals surface area contributed by atoms with Gasteiger partial charge in [0.2, 0.25) is 5.43 Å². The fourth-order valence-electron chi connectivity index (χ4n) is 3.14. The largest absolute Gasteiger partial charge is 0.447 e. The van der Waals surface area contributed by atoms with Crippen LogP contribution >= 0.6 is 11.6 Å². The van der Waals surface area contributed by atoms with E-state index in [4.69, 9.17) is 22.1 Å². The molecule has 1 fully saturated rings. The fraction of sp³-hybridized carbons (Fsp3) is 0.0909. The molecule has 0 unspecified atom stereocenters. The van der Waals surface area contributed by atoms with Crippen molar-refractivity contribution in [3.05, 3.63) is 93.8 Å². The molecule has 0 aliphatic carbocycles. The first-order chi connectivity index (χ1) is 15.5. The Hall–Kier alpha value is -3.98. The Morgan fingerprint density at radius 3 is 2.75 bits per heavy atom. The zero-order valence-corrected chi connectivity index (χ0v) is 17.4. The summed E-state index contributed by atoms with van der Waals surface area (Å²) in [6.07, 6.45) is 3.47. The smallest absolute Gasteiger partial charge is 0.414 e. The molecule has 0 bridgehead atoms. The number of nitrogens with zero attached hydrogens (tertiary/aromatic N) is 4. The van der Waals surface area contributed by atoms with Gasteiger partial charge in [-0.3, -0.25) is 9.69 Å². The van der Waals surface area contributed by atoms with Gasteiger partial charge in [0.15, 0.2) is 11.5 Å². The number of amides is 1. The van der Waals surface area contributed by atoms with Gasteiger partial charge in [-0.05, 0) is 48.7 Å². The lowest BCUT2D eigenvalue weighted by molar-refractivity contribution is 0.181. The van der Waals surface area contributed by atoms with Crippen LogP contribution in [0, 0.1) is 5.82 Å². The van der Waals surface area contributed by atoms with Gasteiger partial charge in [0.25, 0.3) is 0 Å². The van der Waals surface area contributed by atoms with E-state index in [1.807, 2.05) is 0 Å². The highest BCUT2D eigenvalue weighted by atomic mass is 35.5. The first kappa shape index (κ1) is 21.3. The summed E-state index contributed by atoms with van der Waals surface area (Å²) in [6.45, 7) is 0.586. The zero-order chi connectivity index (χ0) is 22.7. The molecule has 0 atom stereocenters. The van der Waals surface area contributed by atoms with E-state index in [9.17, 15) is 14.0 Å². The molecule has 32 heavy (non-hydrogen) atoms. The van der Waals surface area contributed by atoms with Crippen LogP contribution in [0.5, 0.6) is 0 Å². The number of halogens is 2. The van der Waals surface area contributed by atoms with Gasteiger partial charge in [0, 0.05) is 17.3 Å². The molecule has 8 nitrogen and oxygen atoms in total. The zero-order valence-electron chi connectivity index (χ0n) is 16.6. The van der Waals surface area contributed by atoms with Gasteiger partial charge in [-0.25, -0.2) is 18.9 Å². The third-order valence-electron chi connectivity index (χ3n) is 4.61. The van der Waals surface area contributed by atoms with Gasteiger partial charge >= 0.3 is 6.09 Å². The van der Waals surface area contributed by atoms with Crippen LogP contribution in [0.2, 0.25) is 5.02 Å². The lowest BCUT2D eigenvalue weighted by atomic mass is 10.2. The Morgan fingerprint density at radius 2 is 2.06 bits per heavy atom. The van der Waals surface area contributed by atoms with E-state index in [0.29, 0.717) is 22.9 Å². The minimum Gasteiger partial charge on any atom is -0.447 e. The maximum atomic E-state index is 14.9. The summed E-state index contributed by atoms with van der Waals surface area (Å²) in [6, 6.07) is 12.2. The van der Waals surface area contributed by atoms with Crippen LogP contribution in [0.15, 0.2) is 76.8 Å². The Balaban J connectivity index is 1.75. The number of benzene rings is 2. The summed E-state index contributed by atoms with van der Waals surface area (Å²) in [5, 5.41) is 4.75. The summed E-state index contributed by atoms with van der Waals surface area (Å²) in [7, 11) is 0. The van der Waals surface area contributed by atoms with Gasteiger partial charge in [0.1, 0.15) is 12.3 Å². The molecule has 1 saturated heterocycles. The van der Waals surface area contributed by atoms with Crippen molar-refractivity contribution in [2.24, 2.45) is 10.7 Å². The first-order valence-electron chi connectivity index (χ1n) is 9.53. The molecule has 3 aromatic rings. The highest BCUT2D eigenvalue weighted by molar-refractivity contribution is 6.30. The van der Waals surface area contributed by atoms with Crippen LogP contribution in [0.4, 0.5) is 20.6 Å². The minimum absolute atomic E-state index is 0.0271. The number of anilines is 1. The second kappa shape index (κ2) is 9.03. The number of allylic oxidation sites excluding steroid dienone is 1. The molecule has 162 valence electrons. The number of hydrogen-bond donors (Lipinski definition) is 1. The molecule has 1 aromatic heterocycles. The minimum atomic E-state index is -0.632. The van der Waals surface area contributed by atoms with Crippen molar-refractivity contribution in [2.75, 3.05) is 18.1 Å². The Labute approximate surface area is 187 Å². The molecule has 4 rings (SSSR count). The van der Waals surface area contributed by atoms with Crippen molar-refractivity contribution in [1.82, 2.24) is 9.78 Å². The molecule has 1 aliphatic rings. The molecule has 2 aromatic carbocycles. The molecule has 1 aliphatic heterocycles. The number of hydrogen-bond acceptors (Lipinski definition) is 6. The normalized spacial score (nSPS) is 14.2. The number of nitrogens with two attached hydrogens (primary N) is 1. The maximum absolute atomic E-state index is 14.9. The summed E-state index contributed by atoms with van der Waals surface area (Å²) in [5.74, 6) is -0.632. The maximum Gasteiger partial charge on any atom is 0.414 e. The van der Waals surface area contributed by atoms with Crippen LogP contribution < -0.4 is 16.1 Å². The van der Waals surface area contributed by atoms with Crippen LogP contribution in [-0.4, -0.2) is 34.7 Å². The number of rotatable bonds is 5. The van der Waals surface area contributed by atoms with Crippen LogP contribution in [0.3, 0.4) is 0 Å². The lowest BCUT2D eigenvalue weighted by Crippen LogP contribution is -2.24. The second-order valence-electron chi connectivity index (χ2n) is 6.71. The monoisotopic (exact) mass is 453 g/mol. The highest BCUT2D eigenvalue weighted by Crippen LogP contribution is 2.23. The molecular formula is C22H17ClFN5O3. The van der Waals surface area contributed by atoms with Gasteiger partial charge in [-0.2, -0.15) is 5.10 Å². The SMILES string of the molecule is NC=CC(=Nc1cccc(Cl)c1)c1nn(-c2ccc(N3CCOC3=O)cc2F)ccc1=O. The Morgan fingerprint density at radius 1 is 1.22 bits per heavy atom. The van der Waals surface area contributed by atoms with Crippen LogP contribution in [-0.2, 0) is 4.74 Å². The van der Waals surface area contributed by atoms with Crippen LogP contribution in [0.25, 0.3) is 5.69 Å². The average Bonchev–Trinajstić information content (AvgIpc) is 3.20. The van der Waals surface area contributed by atoms with E-state index in [-0.39, 0.29) is 23.7 Å². The molecule has 10 heteroatoms. The predicted octanol–water partition coefficient (Wildman–Crippen LogP) is 3.57. The number of cyclic esters (lactones) is 1. The van der Waals surface area contributed by atoms with Crippen molar-refractivity contribution in [3.8, 4) is 5.69 Å². The number of carbonyl (C=O) groups is 1. The quantitative estimate of drug-likeness (QED) is 0.595. The molecular weight excluding hydrogens is 437 g/mol. The van der Waals surface area contributed by atoms with Gasteiger partial charge in [-0.15, -0.1) is 0 Å². The van der Waals surface area contributed by atoms with Gasteiger partial charge < -0.3 is 10.5 Å². The summed E-state index contributed by atoms with van der Waals surface area (Å²) >= 11 is 6.01. The standard InChI is InChI=1S/C22H17ClFN5O3/c23-14-2-1-3-15(12-14)26-18(6-8-25)21-20(30)7-9-29(27-21)19-5-4-16(13-17(19)24)28-10-11-32-22(28)31/h1-9,12-13H,10-11,25H2. The van der Waals surface area contributed by atoms with Crippen molar-refractivity contribution >= 4 is 34.8 Å². The lowest BCUT2D eigenvalue weighted by Gasteiger charge is -2.14. The van der Waals surface area contributed by atoms with E-state index in [1.54, 1.807) is 30.3 Å². The van der Waals surface area contributed by atoms with E-state index in [2.05, 4.69) is 10.1 Å². The highest BCUT2D eigenvalue weighted by Gasteiger charge is 2.24. The third kappa shape index (κ3) is 4.37. The topological polar surface area (TPSA) is 103 Å².